The highest BCUT2D eigenvalue weighted by atomic mass is 16.5. The molecule has 0 bridgehead atoms. The molecule has 0 saturated heterocycles. The van der Waals surface area contributed by atoms with Crippen LogP contribution in [-0.2, 0) is 6.54 Å². The van der Waals surface area contributed by atoms with Gasteiger partial charge in [0.05, 0.1) is 0 Å². The molecule has 0 spiro atoms. The van der Waals surface area contributed by atoms with Gasteiger partial charge in [-0.3, -0.25) is 4.79 Å². The van der Waals surface area contributed by atoms with Crippen LogP contribution >= 0.6 is 0 Å². The van der Waals surface area contributed by atoms with E-state index >= 15 is 0 Å². The van der Waals surface area contributed by atoms with Gasteiger partial charge in [-0.25, -0.2) is 0 Å². The van der Waals surface area contributed by atoms with E-state index in [0.29, 0.717) is 6.54 Å². The summed E-state index contributed by atoms with van der Waals surface area (Å²) in [4.78, 5) is 15.0. The van der Waals surface area contributed by atoms with Crippen LogP contribution in [0.5, 0.6) is 11.5 Å². The molecule has 0 heterocycles. The van der Waals surface area contributed by atoms with Gasteiger partial charge in [-0.15, -0.1) is 0 Å². The van der Waals surface area contributed by atoms with E-state index in [1.807, 2.05) is 105 Å². The highest BCUT2D eigenvalue weighted by Crippen LogP contribution is 2.23. The van der Waals surface area contributed by atoms with Gasteiger partial charge in [0.2, 0.25) is 0 Å². The molecule has 0 fully saturated rings. The second-order valence-corrected chi connectivity index (χ2v) is 6.90. The van der Waals surface area contributed by atoms with Crippen molar-refractivity contribution in [1.82, 2.24) is 4.90 Å². The van der Waals surface area contributed by atoms with Gasteiger partial charge in [0, 0.05) is 18.2 Å². The van der Waals surface area contributed by atoms with Crippen LogP contribution in [0.4, 0.5) is 0 Å². The Morgan fingerprint density at radius 1 is 0.889 bits per heavy atom. The molecule has 0 atom stereocenters. The number of amides is 1. The van der Waals surface area contributed by atoms with E-state index in [0.717, 1.165) is 28.2 Å². The fraction of sp³-hybridized carbons (Fsp3) is 0.208. The molecule has 0 N–H and O–H groups in total. The Labute approximate surface area is 161 Å². The molecule has 138 valence electrons. The molecule has 0 unspecified atom stereocenters. The zero-order valence-electron chi connectivity index (χ0n) is 16.1. The van der Waals surface area contributed by atoms with Crippen LogP contribution in [0.2, 0.25) is 0 Å². The number of benzene rings is 3. The van der Waals surface area contributed by atoms with E-state index < -0.39 is 0 Å². The van der Waals surface area contributed by atoms with E-state index in [9.17, 15) is 4.79 Å². The first-order valence-electron chi connectivity index (χ1n) is 9.23. The van der Waals surface area contributed by atoms with Gasteiger partial charge in [0.25, 0.3) is 5.91 Å². The average molecular weight is 359 g/mol. The lowest BCUT2D eigenvalue weighted by Crippen LogP contribution is -2.36. The first kappa shape index (κ1) is 18.7. The van der Waals surface area contributed by atoms with Crippen molar-refractivity contribution in [2.24, 2.45) is 0 Å². The number of aryl methyl sites for hydroxylation is 1. The minimum atomic E-state index is 0.0532. The highest BCUT2D eigenvalue weighted by molar-refractivity contribution is 5.95. The zero-order chi connectivity index (χ0) is 19.2. The summed E-state index contributed by atoms with van der Waals surface area (Å²) in [6, 6.07) is 25.4. The summed E-state index contributed by atoms with van der Waals surface area (Å²) in [6.07, 6.45) is 0. The van der Waals surface area contributed by atoms with Gasteiger partial charge < -0.3 is 9.64 Å². The van der Waals surface area contributed by atoms with Crippen LogP contribution in [0.3, 0.4) is 0 Å². The Bertz CT molecular complexity index is 903. The number of para-hydroxylation sites is 1. The largest absolute Gasteiger partial charge is 0.457 e. The first-order valence-corrected chi connectivity index (χ1v) is 9.23. The molecule has 0 radical (unpaired) electrons. The maximum Gasteiger partial charge on any atom is 0.254 e. The van der Waals surface area contributed by atoms with E-state index in [1.165, 1.54) is 0 Å². The molecule has 0 aliphatic carbocycles. The normalized spacial score (nSPS) is 10.7. The van der Waals surface area contributed by atoms with E-state index in [1.54, 1.807) is 0 Å². The smallest absolute Gasteiger partial charge is 0.254 e. The minimum absolute atomic E-state index is 0.0532. The van der Waals surface area contributed by atoms with Crippen LogP contribution < -0.4 is 4.74 Å². The lowest BCUT2D eigenvalue weighted by Gasteiger charge is -2.27. The lowest BCUT2D eigenvalue weighted by atomic mass is 10.1. The standard InChI is InChI=1S/C24H25NO2/c1-18(2)25(24(26)23-15-8-7-10-19(23)3)17-20-11-9-14-22(16-20)27-21-12-5-4-6-13-21/h4-16,18H,17H2,1-3H3. The van der Waals surface area contributed by atoms with Crippen molar-refractivity contribution < 1.29 is 9.53 Å². The zero-order valence-corrected chi connectivity index (χ0v) is 16.1. The van der Waals surface area contributed by atoms with Crippen LogP contribution in [0.25, 0.3) is 0 Å². The van der Waals surface area contributed by atoms with Crippen molar-refractivity contribution in [3.05, 3.63) is 95.6 Å². The van der Waals surface area contributed by atoms with Gasteiger partial charge in [-0.1, -0.05) is 48.5 Å². The molecule has 3 heteroatoms. The molecule has 3 rings (SSSR count). The van der Waals surface area contributed by atoms with Crippen molar-refractivity contribution in [2.75, 3.05) is 0 Å². The monoisotopic (exact) mass is 359 g/mol. The fourth-order valence-electron chi connectivity index (χ4n) is 2.99. The Balaban J connectivity index is 1.80. The number of nitrogens with zero attached hydrogens (tertiary/aromatic N) is 1. The summed E-state index contributed by atoms with van der Waals surface area (Å²) in [5.74, 6) is 1.62. The predicted molar refractivity (Wildman–Crippen MR) is 109 cm³/mol. The van der Waals surface area contributed by atoms with E-state index in [2.05, 4.69) is 0 Å². The quantitative estimate of drug-likeness (QED) is 0.553. The van der Waals surface area contributed by atoms with Gasteiger partial charge in [-0.05, 0) is 62.2 Å². The third-order valence-electron chi connectivity index (χ3n) is 4.49. The number of carbonyl (C=O) groups is 1. The number of ether oxygens (including phenoxy) is 1. The molecular formula is C24H25NO2. The Hall–Kier alpha value is -3.07. The van der Waals surface area contributed by atoms with E-state index in [-0.39, 0.29) is 11.9 Å². The maximum absolute atomic E-state index is 13.1. The van der Waals surface area contributed by atoms with Gasteiger partial charge in [0.15, 0.2) is 0 Å². The van der Waals surface area contributed by atoms with Crippen molar-refractivity contribution >= 4 is 5.91 Å². The van der Waals surface area contributed by atoms with Gasteiger partial charge in [0.1, 0.15) is 11.5 Å². The summed E-state index contributed by atoms with van der Waals surface area (Å²) in [6.45, 7) is 6.60. The molecule has 0 saturated carbocycles. The number of carbonyl (C=O) groups excluding carboxylic acids is 1. The van der Waals surface area contributed by atoms with E-state index in [4.69, 9.17) is 4.74 Å². The number of rotatable bonds is 6. The summed E-state index contributed by atoms with van der Waals surface area (Å²) in [5.41, 5.74) is 2.79. The van der Waals surface area contributed by atoms with Crippen molar-refractivity contribution in [2.45, 2.75) is 33.4 Å². The van der Waals surface area contributed by atoms with Crippen molar-refractivity contribution in [3.8, 4) is 11.5 Å². The molecule has 3 aromatic carbocycles. The minimum Gasteiger partial charge on any atom is -0.457 e. The van der Waals surface area contributed by atoms with Gasteiger partial charge in [-0.2, -0.15) is 0 Å². The third kappa shape index (κ3) is 4.76. The average Bonchev–Trinajstić information content (AvgIpc) is 2.67. The van der Waals surface area contributed by atoms with Crippen molar-refractivity contribution in [3.63, 3.8) is 0 Å². The molecule has 0 aromatic heterocycles. The fourth-order valence-corrected chi connectivity index (χ4v) is 2.99. The van der Waals surface area contributed by atoms with Crippen molar-refractivity contribution in [1.29, 1.82) is 0 Å². The summed E-state index contributed by atoms with van der Waals surface area (Å²) >= 11 is 0. The maximum atomic E-state index is 13.1. The molecular weight excluding hydrogens is 334 g/mol. The summed E-state index contributed by atoms with van der Waals surface area (Å²) < 4.78 is 5.92. The molecule has 1 amide bonds. The summed E-state index contributed by atoms with van der Waals surface area (Å²) in [7, 11) is 0. The van der Waals surface area contributed by atoms with Gasteiger partial charge >= 0.3 is 0 Å². The molecule has 3 nitrogen and oxygen atoms in total. The SMILES string of the molecule is Cc1ccccc1C(=O)N(Cc1cccc(Oc2ccccc2)c1)C(C)C. The first-order chi connectivity index (χ1) is 13.0. The van der Waals surface area contributed by atoms with Crippen LogP contribution in [0.15, 0.2) is 78.9 Å². The highest BCUT2D eigenvalue weighted by Gasteiger charge is 2.20. The molecule has 3 aromatic rings. The summed E-state index contributed by atoms with van der Waals surface area (Å²) in [5, 5.41) is 0. The van der Waals surface area contributed by atoms with Crippen LogP contribution in [0, 0.1) is 6.92 Å². The second kappa shape index (κ2) is 8.54. The lowest BCUT2D eigenvalue weighted by molar-refractivity contribution is 0.0689. The Morgan fingerprint density at radius 2 is 1.56 bits per heavy atom. The third-order valence-corrected chi connectivity index (χ3v) is 4.49. The number of hydrogen-bond donors (Lipinski definition) is 0. The Morgan fingerprint density at radius 3 is 2.26 bits per heavy atom. The van der Waals surface area contributed by atoms with Crippen LogP contribution in [0.1, 0.15) is 35.3 Å². The molecule has 0 aliphatic heterocycles. The predicted octanol–water partition coefficient (Wildman–Crippen LogP) is 5.84. The molecule has 27 heavy (non-hydrogen) atoms. The molecule has 0 aliphatic rings. The number of hydrogen-bond acceptors (Lipinski definition) is 2. The Kier molecular flexibility index (Phi) is 5.92. The second-order valence-electron chi connectivity index (χ2n) is 6.90. The topological polar surface area (TPSA) is 29.5 Å². The van der Waals surface area contributed by atoms with Crippen LogP contribution in [-0.4, -0.2) is 16.8 Å².